The zero-order valence-electron chi connectivity index (χ0n) is 11.0. The highest BCUT2D eigenvalue weighted by molar-refractivity contribution is 5.85. The first-order valence-electron chi connectivity index (χ1n) is 6.00. The van der Waals surface area contributed by atoms with Gasteiger partial charge in [0.15, 0.2) is 6.10 Å². The number of ether oxygens (including phenoxy) is 1. The molecule has 112 valence electrons. The van der Waals surface area contributed by atoms with Crippen molar-refractivity contribution in [2.45, 2.75) is 31.2 Å². The fraction of sp³-hybridized carbons (Fsp3) is 0.462. The van der Waals surface area contributed by atoms with Crippen molar-refractivity contribution in [2.75, 3.05) is 6.61 Å². The Morgan fingerprint density at radius 1 is 1.30 bits per heavy atom. The van der Waals surface area contributed by atoms with Crippen LogP contribution >= 0.6 is 0 Å². The van der Waals surface area contributed by atoms with Gasteiger partial charge in [-0.1, -0.05) is 30.3 Å². The van der Waals surface area contributed by atoms with Crippen molar-refractivity contribution in [3.05, 3.63) is 35.9 Å². The first-order valence-corrected chi connectivity index (χ1v) is 6.00. The molecule has 0 saturated heterocycles. The molecule has 0 aromatic heterocycles. The summed E-state index contributed by atoms with van der Waals surface area (Å²) in [4.78, 5) is 11.5. The maximum atomic E-state index is 12.3. The third-order valence-electron chi connectivity index (χ3n) is 3.05. The molecule has 1 aromatic carbocycles. The van der Waals surface area contributed by atoms with Gasteiger partial charge in [-0.3, -0.25) is 4.79 Å². The quantitative estimate of drug-likeness (QED) is 0.836. The van der Waals surface area contributed by atoms with Gasteiger partial charge in [0.25, 0.3) is 0 Å². The van der Waals surface area contributed by atoms with Crippen molar-refractivity contribution in [1.29, 1.82) is 0 Å². The van der Waals surface area contributed by atoms with E-state index in [0.717, 1.165) is 6.92 Å². The van der Waals surface area contributed by atoms with Crippen LogP contribution in [-0.2, 0) is 15.1 Å². The number of carbonyl (C=O) groups excluding carboxylic acids is 1. The molecule has 0 radical (unpaired) electrons. The van der Waals surface area contributed by atoms with Crippen LogP contribution in [-0.4, -0.2) is 24.8 Å². The van der Waals surface area contributed by atoms with Gasteiger partial charge in [0, 0.05) is 13.0 Å². The van der Waals surface area contributed by atoms with Crippen molar-refractivity contribution < 1.29 is 22.7 Å². The number of alkyl halides is 3. The minimum absolute atomic E-state index is 0.132. The molecule has 0 heterocycles. The van der Waals surface area contributed by atoms with Gasteiger partial charge in [-0.25, -0.2) is 0 Å². The molecule has 2 unspecified atom stereocenters. The maximum Gasteiger partial charge on any atom is 0.414 e. The monoisotopic (exact) mass is 290 g/mol. The van der Waals surface area contributed by atoms with E-state index < -0.39 is 23.7 Å². The molecule has 0 fully saturated rings. The Morgan fingerprint density at radius 2 is 1.85 bits per heavy atom. The number of hydrogen-bond donors (Lipinski definition) is 2. The number of carbonyl (C=O) groups is 1. The molecule has 4 nitrogen and oxygen atoms in total. The molecule has 0 spiro atoms. The van der Waals surface area contributed by atoms with E-state index in [-0.39, 0.29) is 13.0 Å². The molecular formula is C13H17F3N2O2. The second-order valence-corrected chi connectivity index (χ2v) is 4.51. The smallest absolute Gasteiger partial charge is 0.369 e. The molecule has 0 aliphatic rings. The number of primary amides is 1. The Hall–Kier alpha value is -1.60. The highest BCUT2D eigenvalue weighted by Gasteiger charge is 2.38. The van der Waals surface area contributed by atoms with Crippen LogP contribution in [0.5, 0.6) is 0 Å². The standard InChI is InChI=1S/C13H17F3N2O2/c1-9(13(14,15)16)20-8-7-12(18,11(17)19)10-5-3-2-4-6-10/h2-6,9H,7-8,18H2,1H3,(H2,17,19). The lowest BCUT2D eigenvalue weighted by Gasteiger charge is -2.27. The molecule has 7 heteroatoms. The predicted molar refractivity (Wildman–Crippen MR) is 67.6 cm³/mol. The normalized spacial score (nSPS) is 16.4. The predicted octanol–water partition coefficient (Wildman–Crippen LogP) is 1.68. The molecule has 1 amide bonds. The van der Waals surface area contributed by atoms with E-state index in [1.54, 1.807) is 30.3 Å². The average Bonchev–Trinajstić information content (AvgIpc) is 2.38. The zero-order chi connectivity index (χ0) is 15.4. The molecule has 0 saturated carbocycles. The van der Waals surface area contributed by atoms with Gasteiger partial charge in [-0.05, 0) is 12.5 Å². The summed E-state index contributed by atoms with van der Waals surface area (Å²) in [6, 6.07) is 8.25. The van der Waals surface area contributed by atoms with E-state index in [1.165, 1.54) is 0 Å². The van der Waals surface area contributed by atoms with E-state index in [1.807, 2.05) is 0 Å². The summed E-state index contributed by atoms with van der Waals surface area (Å²) in [6.07, 6.45) is -6.50. The van der Waals surface area contributed by atoms with Crippen LogP contribution in [0.4, 0.5) is 13.2 Å². The number of nitrogens with two attached hydrogens (primary N) is 2. The average molecular weight is 290 g/mol. The van der Waals surface area contributed by atoms with Gasteiger partial charge in [-0.2, -0.15) is 13.2 Å². The fourth-order valence-electron chi connectivity index (χ4n) is 1.64. The maximum absolute atomic E-state index is 12.3. The molecule has 20 heavy (non-hydrogen) atoms. The van der Waals surface area contributed by atoms with Gasteiger partial charge in [0.1, 0.15) is 5.54 Å². The molecule has 2 atom stereocenters. The number of hydrogen-bond acceptors (Lipinski definition) is 3. The van der Waals surface area contributed by atoms with E-state index in [9.17, 15) is 18.0 Å². The lowest BCUT2D eigenvalue weighted by Crippen LogP contribution is -2.50. The van der Waals surface area contributed by atoms with Crippen LogP contribution in [0.3, 0.4) is 0 Å². The summed E-state index contributed by atoms with van der Waals surface area (Å²) in [7, 11) is 0. The molecule has 1 rings (SSSR count). The van der Waals surface area contributed by atoms with Crippen LogP contribution in [0.25, 0.3) is 0 Å². The lowest BCUT2D eigenvalue weighted by atomic mass is 9.87. The Bertz CT molecular complexity index is 451. The van der Waals surface area contributed by atoms with Gasteiger partial charge >= 0.3 is 6.18 Å². The van der Waals surface area contributed by atoms with Gasteiger partial charge < -0.3 is 16.2 Å². The fourth-order valence-corrected chi connectivity index (χ4v) is 1.64. The Labute approximate surface area is 114 Å². The summed E-state index contributed by atoms with van der Waals surface area (Å²) in [6.45, 7) is 0.569. The van der Waals surface area contributed by atoms with E-state index >= 15 is 0 Å². The van der Waals surface area contributed by atoms with Gasteiger partial charge in [0.2, 0.25) is 5.91 Å². The molecule has 4 N–H and O–H groups in total. The summed E-state index contributed by atoms with van der Waals surface area (Å²) in [5, 5.41) is 0. The third-order valence-corrected chi connectivity index (χ3v) is 3.05. The summed E-state index contributed by atoms with van der Waals surface area (Å²) in [5.41, 5.74) is 10.1. The first kappa shape index (κ1) is 16.5. The van der Waals surface area contributed by atoms with Crippen molar-refractivity contribution in [2.24, 2.45) is 11.5 Å². The van der Waals surface area contributed by atoms with Crippen LogP contribution in [0.2, 0.25) is 0 Å². The second-order valence-electron chi connectivity index (χ2n) is 4.51. The Morgan fingerprint density at radius 3 is 2.30 bits per heavy atom. The lowest BCUT2D eigenvalue weighted by molar-refractivity contribution is -0.215. The SMILES string of the molecule is CC(OCCC(N)(C(N)=O)c1ccccc1)C(F)(F)F. The van der Waals surface area contributed by atoms with Crippen molar-refractivity contribution in [3.8, 4) is 0 Å². The molecular weight excluding hydrogens is 273 g/mol. The van der Waals surface area contributed by atoms with Gasteiger partial charge in [0.05, 0.1) is 0 Å². The molecule has 1 aromatic rings. The van der Waals surface area contributed by atoms with E-state index in [4.69, 9.17) is 11.5 Å². The first-order chi connectivity index (χ1) is 9.18. The largest absolute Gasteiger partial charge is 0.414 e. The van der Waals surface area contributed by atoms with Crippen molar-refractivity contribution in [1.82, 2.24) is 0 Å². The number of halogens is 3. The second kappa shape index (κ2) is 6.23. The Balaban J connectivity index is 2.73. The van der Waals surface area contributed by atoms with E-state index in [2.05, 4.69) is 4.74 Å². The van der Waals surface area contributed by atoms with Crippen LogP contribution < -0.4 is 11.5 Å². The van der Waals surface area contributed by atoms with Crippen LogP contribution in [0.15, 0.2) is 30.3 Å². The third kappa shape index (κ3) is 3.94. The van der Waals surface area contributed by atoms with Crippen molar-refractivity contribution in [3.63, 3.8) is 0 Å². The van der Waals surface area contributed by atoms with Crippen LogP contribution in [0.1, 0.15) is 18.9 Å². The zero-order valence-corrected chi connectivity index (χ0v) is 11.0. The minimum atomic E-state index is -4.45. The highest BCUT2D eigenvalue weighted by atomic mass is 19.4. The number of benzene rings is 1. The number of rotatable bonds is 6. The van der Waals surface area contributed by atoms with Gasteiger partial charge in [-0.15, -0.1) is 0 Å². The topological polar surface area (TPSA) is 78.3 Å². The number of amides is 1. The summed E-state index contributed by atoms with van der Waals surface area (Å²) in [5.74, 6) is -0.813. The van der Waals surface area contributed by atoms with Crippen LogP contribution in [0, 0.1) is 0 Å². The molecule has 0 bridgehead atoms. The van der Waals surface area contributed by atoms with Crippen molar-refractivity contribution >= 4 is 5.91 Å². The summed E-state index contributed by atoms with van der Waals surface area (Å²) >= 11 is 0. The van der Waals surface area contributed by atoms with E-state index in [0.29, 0.717) is 5.56 Å². The molecule has 0 aliphatic carbocycles. The molecule has 0 aliphatic heterocycles. The highest BCUT2D eigenvalue weighted by Crippen LogP contribution is 2.25. The summed E-state index contributed by atoms with van der Waals surface area (Å²) < 4.78 is 41.6. The Kier molecular flexibility index (Phi) is 5.13. The minimum Gasteiger partial charge on any atom is -0.369 e.